The Kier molecular flexibility index (Phi) is 13.1. The minimum Gasteiger partial charge on any atom is -0.458 e. The molecular weight excluding hydrogens is 808 g/mol. The van der Waals surface area contributed by atoms with Gasteiger partial charge in [-0.25, -0.2) is 4.79 Å². The summed E-state index contributed by atoms with van der Waals surface area (Å²) in [5.74, 6) is -0.235. The lowest BCUT2D eigenvalue weighted by Crippen LogP contribution is -2.65. The number of fused-ring (bicyclic) bond motifs is 5. The van der Waals surface area contributed by atoms with Gasteiger partial charge in [-0.3, -0.25) is 0 Å². The Morgan fingerprint density at radius 2 is 1.43 bits per heavy atom. The van der Waals surface area contributed by atoms with Gasteiger partial charge in [-0.2, -0.15) is 0 Å². The first-order valence-electron chi connectivity index (χ1n) is 21.9. The number of carbonyl (C=O) groups is 1. The zero-order valence-electron chi connectivity index (χ0n) is 35.1. The number of carbonyl (C=O) groups excluding carboxylic acids is 1. The summed E-state index contributed by atoms with van der Waals surface area (Å²) in [6, 6.07) is 0. The van der Waals surface area contributed by atoms with Crippen LogP contribution in [0.5, 0.6) is 0 Å². The van der Waals surface area contributed by atoms with Crippen LogP contribution in [0.3, 0.4) is 0 Å². The fourth-order valence-electron chi connectivity index (χ4n) is 13.0. The Labute approximate surface area is 354 Å². The zero-order valence-corrected chi connectivity index (χ0v) is 35.1. The Hall–Kier alpha value is -1.47. The van der Waals surface area contributed by atoms with Crippen LogP contribution in [0.2, 0.25) is 0 Å². The van der Waals surface area contributed by atoms with E-state index in [1.165, 1.54) is 13.2 Å². The van der Waals surface area contributed by atoms with E-state index in [9.17, 15) is 55.9 Å². The molecule has 0 bridgehead atoms. The summed E-state index contributed by atoms with van der Waals surface area (Å²) in [5.41, 5.74) is -0.986. The van der Waals surface area contributed by atoms with Crippen molar-refractivity contribution in [3.63, 3.8) is 0 Å². The summed E-state index contributed by atoms with van der Waals surface area (Å²) >= 11 is 0. The van der Waals surface area contributed by atoms with E-state index in [0.29, 0.717) is 6.42 Å². The van der Waals surface area contributed by atoms with Gasteiger partial charge >= 0.3 is 5.97 Å². The number of aliphatic hydroxyl groups excluding tert-OH is 9. The molecule has 19 heteroatoms. The molecular formula is C42H66O19. The first-order chi connectivity index (χ1) is 28.9. The normalized spacial score (nSPS) is 55.0. The fraction of sp³-hybridized carbons (Fsp3) is 0.929. The third-order valence-corrected chi connectivity index (χ3v) is 16.5. The molecule has 61 heavy (non-hydrogen) atoms. The Bertz CT molecular complexity index is 1600. The van der Waals surface area contributed by atoms with Crippen LogP contribution in [-0.2, 0) is 42.7 Å². The number of esters is 1. The smallest absolute Gasteiger partial charge is 0.331 e. The van der Waals surface area contributed by atoms with Crippen LogP contribution in [0, 0.1) is 34.5 Å². The van der Waals surface area contributed by atoms with Gasteiger partial charge in [-0.1, -0.05) is 13.8 Å². The first-order valence-corrected chi connectivity index (χ1v) is 21.9. The summed E-state index contributed by atoms with van der Waals surface area (Å²) in [6.45, 7) is 5.01. The van der Waals surface area contributed by atoms with Crippen molar-refractivity contribution >= 4 is 5.97 Å². The zero-order chi connectivity index (χ0) is 43.9. The lowest BCUT2D eigenvalue weighted by Gasteiger charge is -2.63. The van der Waals surface area contributed by atoms with Crippen LogP contribution in [0.25, 0.3) is 0 Å². The van der Waals surface area contributed by atoms with Gasteiger partial charge < -0.3 is 89.0 Å². The summed E-state index contributed by atoms with van der Waals surface area (Å²) in [4.78, 5) is 12.0. The highest BCUT2D eigenvalue weighted by molar-refractivity contribution is 5.85. The molecule has 8 rings (SSSR count). The number of methoxy groups -OCH3 is 1. The van der Waals surface area contributed by atoms with E-state index in [2.05, 4.69) is 13.8 Å². The van der Waals surface area contributed by atoms with Gasteiger partial charge in [-0.05, 0) is 80.6 Å². The quantitative estimate of drug-likeness (QED) is 0.0818. The van der Waals surface area contributed by atoms with Crippen molar-refractivity contribution in [2.45, 2.75) is 182 Å². The van der Waals surface area contributed by atoms with Gasteiger partial charge in [-0.15, -0.1) is 0 Å². The van der Waals surface area contributed by atoms with Crippen molar-refractivity contribution in [2.24, 2.45) is 34.5 Å². The second-order valence-electron chi connectivity index (χ2n) is 19.5. The molecule has 0 aromatic carbocycles. The molecule has 4 heterocycles. The maximum absolute atomic E-state index is 12.6. The maximum atomic E-state index is 12.6. The number of rotatable bonds is 10. The molecule has 19 nitrogen and oxygen atoms in total. The molecule has 0 unspecified atom stereocenters. The van der Waals surface area contributed by atoms with E-state index in [1.807, 2.05) is 0 Å². The first kappa shape index (κ1) is 46.1. The van der Waals surface area contributed by atoms with Gasteiger partial charge in [0.1, 0.15) is 73.8 Å². The number of hydrogen-bond donors (Lipinski definition) is 10. The third kappa shape index (κ3) is 7.73. The lowest BCUT2D eigenvalue weighted by molar-refractivity contribution is -0.367. The molecule has 0 radical (unpaired) electrons. The minimum atomic E-state index is -1.78. The average molecular weight is 875 g/mol. The van der Waals surface area contributed by atoms with E-state index < -0.39 is 128 Å². The van der Waals surface area contributed by atoms with Crippen LogP contribution in [0.4, 0.5) is 0 Å². The van der Waals surface area contributed by atoms with Crippen molar-refractivity contribution in [2.75, 3.05) is 26.9 Å². The van der Waals surface area contributed by atoms with Gasteiger partial charge in [0.15, 0.2) is 18.9 Å². The van der Waals surface area contributed by atoms with E-state index in [-0.39, 0.29) is 48.2 Å². The van der Waals surface area contributed by atoms with Crippen molar-refractivity contribution in [3.8, 4) is 0 Å². The van der Waals surface area contributed by atoms with Crippen molar-refractivity contribution < 1.29 is 93.8 Å². The fourth-order valence-corrected chi connectivity index (χ4v) is 13.0. The van der Waals surface area contributed by atoms with Gasteiger partial charge in [0.2, 0.25) is 0 Å². The molecule has 3 saturated heterocycles. The van der Waals surface area contributed by atoms with Gasteiger partial charge in [0.25, 0.3) is 0 Å². The topological polar surface area (TPSA) is 293 Å². The molecule has 0 aromatic rings. The van der Waals surface area contributed by atoms with Crippen LogP contribution >= 0.6 is 0 Å². The summed E-state index contributed by atoms with van der Waals surface area (Å²) in [5, 5.41) is 108. The summed E-state index contributed by atoms with van der Waals surface area (Å²) in [7, 11) is 1.38. The lowest BCUT2D eigenvalue weighted by atomic mass is 9.43. The monoisotopic (exact) mass is 874 g/mol. The van der Waals surface area contributed by atoms with E-state index >= 15 is 0 Å². The molecule has 4 aliphatic carbocycles. The molecule has 4 saturated carbocycles. The van der Waals surface area contributed by atoms with Gasteiger partial charge in [0, 0.05) is 30.9 Å². The molecule has 4 aliphatic heterocycles. The maximum Gasteiger partial charge on any atom is 0.331 e. The average Bonchev–Trinajstić information content (AvgIpc) is 3.74. The second kappa shape index (κ2) is 17.4. The molecule has 0 spiro atoms. The van der Waals surface area contributed by atoms with Crippen molar-refractivity contribution in [1.29, 1.82) is 0 Å². The second-order valence-corrected chi connectivity index (χ2v) is 19.5. The van der Waals surface area contributed by atoms with Crippen LogP contribution in [0.1, 0.15) is 72.1 Å². The number of hydrogen-bond acceptors (Lipinski definition) is 19. The van der Waals surface area contributed by atoms with E-state index in [4.69, 9.17) is 37.9 Å². The highest BCUT2D eigenvalue weighted by Gasteiger charge is 2.70. The Morgan fingerprint density at radius 3 is 2.10 bits per heavy atom. The van der Waals surface area contributed by atoms with Crippen LogP contribution < -0.4 is 0 Å². The number of ether oxygens (including phenoxy) is 8. The third-order valence-electron chi connectivity index (χ3n) is 16.5. The highest BCUT2D eigenvalue weighted by Crippen LogP contribution is 2.70. The molecule has 10 N–H and O–H groups in total. The van der Waals surface area contributed by atoms with Crippen LogP contribution in [-0.4, -0.2) is 194 Å². The predicted octanol–water partition coefficient (Wildman–Crippen LogP) is -2.27. The number of aliphatic hydroxyl groups is 10. The summed E-state index contributed by atoms with van der Waals surface area (Å²) < 4.78 is 46.5. The standard InChI is InChI=1S/C42H66O19/c1-17-35(61-38-33(51)31(49)29(47)25(60-38)16-56-37-32(50)30(48)28(46)24(14-43)59-37)36(54-4)34(52)39(57-17)58-20-7-9-40(2)19(12-20)5-6-22-21(40)8-10-41(3)27(18-11-26(45)55-15-18)23(44)13-42(22,41)53/h11,17,19-25,27-39,43-44,46-53H,5-10,12-16H2,1-4H3/t17-,19+,20-,21-,22+,23-,24+,25+,27-,28+,29+,30-,31-,32+,33+,34+,35-,36+,37+,38-,39-,40-,41+,42-/m0/s1. The largest absolute Gasteiger partial charge is 0.458 e. The summed E-state index contributed by atoms with van der Waals surface area (Å²) in [6.07, 6.45) is -15.1. The van der Waals surface area contributed by atoms with E-state index in [1.54, 1.807) is 6.92 Å². The Morgan fingerprint density at radius 1 is 0.754 bits per heavy atom. The van der Waals surface area contributed by atoms with Crippen LogP contribution in [0.15, 0.2) is 11.6 Å². The molecule has 7 fully saturated rings. The molecule has 24 atom stereocenters. The number of cyclic esters (lactones) is 1. The molecule has 348 valence electrons. The minimum absolute atomic E-state index is 0.00622. The molecule has 8 aliphatic rings. The molecule has 0 amide bonds. The molecule has 0 aromatic heterocycles. The van der Waals surface area contributed by atoms with Gasteiger partial charge in [0.05, 0.1) is 37.1 Å². The highest BCUT2D eigenvalue weighted by atomic mass is 16.8. The Balaban J connectivity index is 0.880. The predicted molar refractivity (Wildman–Crippen MR) is 204 cm³/mol. The van der Waals surface area contributed by atoms with E-state index in [0.717, 1.165) is 44.1 Å². The van der Waals surface area contributed by atoms with Crippen molar-refractivity contribution in [3.05, 3.63) is 11.6 Å². The van der Waals surface area contributed by atoms with Crippen molar-refractivity contribution in [1.82, 2.24) is 0 Å². The SMILES string of the molecule is CO[C@@H]1[C@@H](O)[C@H](O[C@H]2CC[C@@]3(C)[C@H](CC[C@@H]4[C@@H]3CC[C@]3(C)[C@@H](C5=CC(=O)OC5)[C@@H](O)C[C@]43O)C2)O[C@@H](C)[C@@H]1O[C@@H]1O[C@H](CO[C@@H]2O[C@H](CO)[C@@H](O)[C@H](O)[C@H]2O)[C@@H](O)[C@H](O)[C@H]1O.